The van der Waals surface area contributed by atoms with Crippen molar-refractivity contribution < 1.29 is 19.3 Å². The van der Waals surface area contributed by atoms with E-state index in [1.54, 1.807) is 7.11 Å². The Hall–Kier alpha value is -1.54. The molecule has 4 nitrogen and oxygen atoms in total. The predicted octanol–water partition coefficient (Wildman–Crippen LogP) is 2.16. The lowest BCUT2D eigenvalue weighted by atomic mass is 10.1. The highest BCUT2D eigenvalue weighted by molar-refractivity contribution is 5.44. The van der Waals surface area contributed by atoms with Crippen LogP contribution < -0.4 is 4.74 Å². The summed E-state index contributed by atoms with van der Waals surface area (Å²) in [6.07, 6.45) is 1.35. The third kappa shape index (κ3) is 7.72. The van der Waals surface area contributed by atoms with Gasteiger partial charge in [0, 0.05) is 32.1 Å². The van der Waals surface area contributed by atoms with Gasteiger partial charge in [0.15, 0.2) is 0 Å². The molecule has 0 saturated heterocycles. The van der Waals surface area contributed by atoms with Crippen LogP contribution in [0.3, 0.4) is 0 Å². The lowest BCUT2D eigenvalue weighted by molar-refractivity contribution is 0.0644. The van der Waals surface area contributed by atoms with E-state index in [-0.39, 0.29) is 6.61 Å². The van der Waals surface area contributed by atoms with E-state index in [1.165, 1.54) is 0 Å². The smallest absolute Gasteiger partial charge is 0.119 e. The normalized spacial score (nSPS) is 10.0. The van der Waals surface area contributed by atoms with Gasteiger partial charge in [-0.3, -0.25) is 0 Å². The number of ether oxygens (including phenoxy) is 3. The first-order valence-electron chi connectivity index (χ1n) is 7.17. The van der Waals surface area contributed by atoms with Crippen LogP contribution in [-0.4, -0.2) is 45.3 Å². The van der Waals surface area contributed by atoms with Crippen molar-refractivity contribution in [3.05, 3.63) is 29.3 Å². The second-order valence-corrected chi connectivity index (χ2v) is 4.56. The average Bonchev–Trinajstić information content (AvgIpc) is 2.48. The van der Waals surface area contributed by atoms with E-state index in [1.807, 2.05) is 25.1 Å². The summed E-state index contributed by atoms with van der Waals surface area (Å²) in [6, 6.07) is 5.85. The lowest BCUT2D eigenvalue weighted by Crippen LogP contribution is -2.06. The SMILES string of the molecule is COCCOCCCOc1ccc(C#CCCO)c(C)c1. The molecule has 1 N–H and O–H groups in total. The summed E-state index contributed by atoms with van der Waals surface area (Å²) in [4.78, 5) is 0. The van der Waals surface area contributed by atoms with E-state index in [0.717, 1.165) is 23.3 Å². The van der Waals surface area contributed by atoms with Gasteiger partial charge in [0.25, 0.3) is 0 Å². The van der Waals surface area contributed by atoms with Crippen molar-refractivity contribution in [1.29, 1.82) is 0 Å². The van der Waals surface area contributed by atoms with Crippen LogP contribution in [0.25, 0.3) is 0 Å². The lowest BCUT2D eigenvalue weighted by Gasteiger charge is -2.08. The molecule has 0 bridgehead atoms. The number of benzene rings is 1. The van der Waals surface area contributed by atoms with Crippen molar-refractivity contribution in [3.8, 4) is 17.6 Å². The Morgan fingerprint density at radius 2 is 2.00 bits per heavy atom. The molecule has 0 aliphatic carbocycles. The molecule has 0 aliphatic rings. The fourth-order valence-electron chi connectivity index (χ4n) is 1.68. The standard InChI is InChI=1S/C17H24O4/c1-15-14-17(8-7-16(15)6-3-4-9-18)21-11-5-10-20-13-12-19-2/h7-8,14,18H,4-5,9-13H2,1-2H3. The zero-order valence-electron chi connectivity index (χ0n) is 12.9. The molecule has 0 unspecified atom stereocenters. The molecule has 0 saturated carbocycles. The molecule has 0 fully saturated rings. The second-order valence-electron chi connectivity index (χ2n) is 4.56. The topological polar surface area (TPSA) is 47.9 Å². The Morgan fingerprint density at radius 3 is 2.71 bits per heavy atom. The van der Waals surface area contributed by atoms with Gasteiger partial charge in [0.05, 0.1) is 26.4 Å². The number of aryl methyl sites for hydroxylation is 1. The van der Waals surface area contributed by atoms with Crippen LogP contribution in [0.5, 0.6) is 5.75 Å². The van der Waals surface area contributed by atoms with E-state index in [2.05, 4.69) is 11.8 Å². The van der Waals surface area contributed by atoms with Crippen LogP contribution in [0.4, 0.5) is 0 Å². The van der Waals surface area contributed by atoms with Gasteiger partial charge in [-0.1, -0.05) is 11.8 Å². The Bertz CT molecular complexity index is 460. The summed E-state index contributed by atoms with van der Waals surface area (Å²) >= 11 is 0. The fourth-order valence-corrected chi connectivity index (χ4v) is 1.68. The van der Waals surface area contributed by atoms with Gasteiger partial charge in [-0.05, 0) is 30.7 Å². The molecule has 1 rings (SSSR count). The van der Waals surface area contributed by atoms with Crippen molar-refractivity contribution in [2.75, 3.05) is 40.1 Å². The number of methoxy groups -OCH3 is 1. The Morgan fingerprint density at radius 1 is 1.14 bits per heavy atom. The summed E-state index contributed by atoms with van der Waals surface area (Å²) < 4.78 is 15.9. The van der Waals surface area contributed by atoms with Crippen LogP contribution in [0.1, 0.15) is 24.0 Å². The molecule has 0 aromatic heterocycles. The molecule has 0 spiro atoms. The molecule has 0 heterocycles. The highest BCUT2D eigenvalue weighted by atomic mass is 16.5. The van der Waals surface area contributed by atoms with Crippen LogP contribution in [0.15, 0.2) is 18.2 Å². The minimum absolute atomic E-state index is 0.0969. The van der Waals surface area contributed by atoms with Gasteiger partial charge in [-0.15, -0.1) is 0 Å². The summed E-state index contributed by atoms with van der Waals surface area (Å²) in [5.74, 6) is 6.80. The van der Waals surface area contributed by atoms with Crippen molar-refractivity contribution in [2.45, 2.75) is 19.8 Å². The molecular formula is C17H24O4. The highest BCUT2D eigenvalue weighted by Gasteiger charge is 1.99. The van der Waals surface area contributed by atoms with Crippen molar-refractivity contribution in [3.63, 3.8) is 0 Å². The summed E-state index contributed by atoms with van der Waals surface area (Å²) in [5, 5.41) is 8.71. The zero-order chi connectivity index (χ0) is 15.3. The van der Waals surface area contributed by atoms with E-state index < -0.39 is 0 Å². The fraction of sp³-hybridized carbons (Fsp3) is 0.529. The minimum atomic E-state index is 0.0969. The maximum absolute atomic E-state index is 8.71. The quantitative estimate of drug-likeness (QED) is 0.560. The van der Waals surface area contributed by atoms with Crippen LogP contribution in [-0.2, 0) is 9.47 Å². The molecule has 1 aromatic carbocycles. The Labute approximate surface area is 127 Å². The van der Waals surface area contributed by atoms with Gasteiger partial charge in [-0.2, -0.15) is 0 Å². The number of hydrogen-bond acceptors (Lipinski definition) is 4. The van der Waals surface area contributed by atoms with E-state index in [9.17, 15) is 0 Å². The third-order valence-corrected chi connectivity index (χ3v) is 2.79. The molecule has 116 valence electrons. The van der Waals surface area contributed by atoms with Crippen molar-refractivity contribution in [1.82, 2.24) is 0 Å². The first kappa shape index (κ1) is 17.5. The van der Waals surface area contributed by atoms with Gasteiger partial charge >= 0.3 is 0 Å². The zero-order valence-corrected chi connectivity index (χ0v) is 12.9. The molecule has 21 heavy (non-hydrogen) atoms. The van der Waals surface area contributed by atoms with Gasteiger partial charge < -0.3 is 19.3 Å². The third-order valence-electron chi connectivity index (χ3n) is 2.79. The minimum Gasteiger partial charge on any atom is -0.493 e. The average molecular weight is 292 g/mol. The maximum Gasteiger partial charge on any atom is 0.119 e. The monoisotopic (exact) mass is 292 g/mol. The van der Waals surface area contributed by atoms with Crippen molar-refractivity contribution >= 4 is 0 Å². The molecular weight excluding hydrogens is 268 g/mol. The number of aliphatic hydroxyl groups is 1. The van der Waals surface area contributed by atoms with Crippen LogP contribution in [0, 0.1) is 18.8 Å². The molecule has 0 amide bonds. The first-order chi connectivity index (χ1) is 10.3. The predicted molar refractivity (Wildman–Crippen MR) is 82.6 cm³/mol. The van der Waals surface area contributed by atoms with E-state index in [4.69, 9.17) is 19.3 Å². The summed E-state index contributed by atoms with van der Waals surface area (Å²) in [5.41, 5.74) is 2.05. The Kier molecular flexibility index (Phi) is 9.30. The number of rotatable bonds is 9. The van der Waals surface area contributed by atoms with Crippen LogP contribution in [0.2, 0.25) is 0 Å². The summed E-state index contributed by atoms with van der Waals surface area (Å²) in [7, 11) is 1.66. The number of hydrogen-bond donors (Lipinski definition) is 1. The first-order valence-corrected chi connectivity index (χ1v) is 7.17. The highest BCUT2D eigenvalue weighted by Crippen LogP contribution is 2.16. The van der Waals surface area contributed by atoms with E-state index >= 15 is 0 Å². The van der Waals surface area contributed by atoms with Gasteiger partial charge in [-0.25, -0.2) is 0 Å². The summed E-state index contributed by atoms with van der Waals surface area (Å²) in [6.45, 7) is 4.65. The molecule has 4 heteroatoms. The molecule has 0 aliphatic heterocycles. The van der Waals surface area contributed by atoms with E-state index in [0.29, 0.717) is 32.8 Å². The second kappa shape index (κ2) is 11.2. The molecule has 0 atom stereocenters. The molecule has 1 aromatic rings. The van der Waals surface area contributed by atoms with Gasteiger partial charge in [0.2, 0.25) is 0 Å². The Balaban J connectivity index is 2.30. The van der Waals surface area contributed by atoms with Gasteiger partial charge in [0.1, 0.15) is 5.75 Å². The largest absolute Gasteiger partial charge is 0.493 e. The molecule has 0 radical (unpaired) electrons. The maximum atomic E-state index is 8.71. The van der Waals surface area contributed by atoms with Crippen molar-refractivity contribution in [2.24, 2.45) is 0 Å². The van der Waals surface area contributed by atoms with Crippen LogP contribution >= 0.6 is 0 Å². The number of aliphatic hydroxyl groups excluding tert-OH is 1.